The summed E-state index contributed by atoms with van der Waals surface area (Å²) in [6.45, 7) is 4.01. The second-order valence-electron chi connectivity index (χ2n) is 8.16. The Balaban J connectivity index is 0.00000363. The maximum atomic E-state index is 11.9. The quantitative estimate of drug-likeness (QED) is 0.560. The van der Waals surface area contributed by atoms with Gasteiger partial charge in [0.25, 0.3) is 0 Å². The summed E-state index contributed by atoms with van der Waals surface area (Å²) >= 11 is 12.0. The Hall–Kier alpha value is -1.08. The first-order valence-corrected chi connectivity index (χ1v) is 11.3. The smallest absolute Gasteiger partial charge is 0.549 e. The summed E-state index contributed by atoms with van der Waals surface area (Å²) in [5.41, 5.74) is 1.39. The number of carbonyl (C=O) groups is 2. The third-order valence-corrected chi connectivity index (χ3v) is 6.79. The number of piperidine rings is 1. The maximum Gasteiger partial charge on any atom is 1.00 e. The molecule has 0 aromatic heterocycles. The molecule has 8 heteroatoms. The maximum absolute atomic E-state index is 11.9. The molecule has 0 aliphatic carbocycles. The minimum Gasteiger partial charge on any atom is -0.549 e. The van der Waals surface area contributed by atoms with Crippen molar-refractivity contribution in [3.63, 3.8) is 0 Å². The molecule has 0 radical (unpaired) electrons. The molecular formula is C24H27Cl2N2NaO3. The first-order chi connectivity index (χ1) is 14.8. The van der Waals surface area contributed by atoms with E-state index in [1.165, 1.54) is 0 Å². The molecular weight excluding hydrogens is 458 g/mol. The molecule has 0 bridgehead atoms. The van der Waals surface area contributed by atoms with Gasteiger partial charge in [-0.25, -0.2) is 0 Å². The topological polar surface area (TPSA) is 72.5 Å². The summed E-state index contributed by atoms with van der Waals surface area (Å²) in [7, 11) is 0. The zero-order valence-corrected chi connectivity index (χ0v) is 22.1. The molecule has 1 N–H and O–H groups in total. The molecule has 2 aromatic carbocycles. The first-order valence-electron chi connectivity index (χ1n) is 10.5. The van der Waals surface area contributed by atoms with Gasteiger partial charge in [-0.05, 0) is 55.5 Å². The molecule has 3 rings (SSSR count). The van der Waals surface area contributed by atoms with Crippen LogP contribution in [0.3, 0.4) is 0 Å². The van der Waals surface area contributed by atoms with Crippen molar-refractivity contribution in [1.29, 1.82) is 0 Å². The van der Waals surface area contributed by atoms with Crippen LogP contribution in [0.25, 0.3) is 0 Å². The number of hydrogen-bond acceptors (Lipinski definition) is 4. The van der Waals surface area contributed by atoms with Gasteiger partial charge in [0.2, 0.25) is 5.91 Å². The van der Waals surface area contributed by atoms with Crippen LogP contribution in [0.4, 0.5) is 0 Å². The van der Waals surface area contributed by atoms with Crippen LogP contribution in [0.1, 0.15) is 49.7 Å². The number of likely N-dealkylation sites (tertiary alicyclic amines) is 1. The first kappa shape index (κ1) is 27.2. The van der Waals surface area contributed by atoms with Crippen molar-refractivity contribution in [2.24, 2.45) is 0 Å². The number of carboxylic acid groups (broad SMARTS) is 1. The van der Waals surface area contributed by atoms with Crippen molar-refractivity contribution in [2.75, 3.05) is 19.6 Å². The van der Waals surface area contributed by atoms with Gasteiger partial charge in [0, 0.05) is 31.9 Å². The van der Waals surface area contributed by atoms with Gasteiger partial charge in [-0.15, -0.1) is 0 Å². The fourth-order valence-corrected chi connectivity index (χ4v) is 4.71. The van der Waals surface area contributed by atoms with E-state index < -0.39 is 11.9 Å². The molecule has 5 nitrogen and oxygen atoms in total. The van der Waals surface area contributed by atoms with Gasteiger partial charge in [0.05, 0.1) is 15.6 Å². The number of carboxylic acids is 1. The number of nitrogens with one attached hydrogen (secondary N) is 1. The van der Waals surface area contributed by atoms with Gasteiger partial charge in [0.1, 0.15) is 0 Å². The van der Waals surface area contributed by atoms with Crippen LogP contribution in [0.15, 0.2) is 48.5 Å². The Morgan fingerprint density at radius 2 is 1.75 bits per heavy atom. The summed E-state index contributed by atoms with van der Waals surface area (Å²) < 4.78 is 0. The van der Waals surface area contributed by atoms with E-state index in [1.807, 2.05) is 18.2 Å². The second kappa shape index (κ2) is 12.4. The molecule has 1 amide bonds. The van der Waals surface area contributed by atoms with E-state index in [2.05, 4.69) is 22.3 Å². The number of nitrogens with zero attached hydrogens (tertiary/aromatic N) is 1. The summed E-state index contributed by atoms with van der Waals surface area (Å²) in [6, 6.07) is 15.0. The van der Waals surface area contributed by atoms with Gasteiger partial charge in [0.15, 0.2) is 0 Å². The van der Waals surface area contributed by atoms with Crippen molar-refractivity contribution >= 4 is 35.1 Å². The fraction of sp³-hybridized carbons (Fsp3) is 0.417. The Labute approximate surface area is 221 Å². The molecule has 32 heavy (non-hydrogen) atoms. The molecule has 1 unspecified atom stereocenters. The zero-order valence-electron chi connectivity index (χ0n) is 18.6. The molecule has 1 heterocycles. The SMILES string of the molecule is CC(=O)NC1(c2ccccc2)CCN(CCCC(C(=O)[O-])c2ccc(Cl)c(Cl)c2)CC1.[Na+]. The van der Waals surface area contributed by atoms with E-state index in [0.29, 0.717) is 22.0 Å². The predicted molar refractivity (Wildman–Crippen MR) is 121 cm³/mol. The van der Waals surface area contributed by atoms with Gasteiger partial charge in [-0.2, -0.15) is 0 Å². The van der Waals surface area contributed by atoms with Gasteiger partial charge in [-0.1, -0.05) is 59.6 Å². The Morgan fingerprint density at radius 3 is 2.31 bits per heavy atom. The van der Waals surface area contributed by atoms with Crippen molar-refractivity contribution in [2.45, 2.75) is 44.1 Å². The molecule has 0 spiro atoms. The number of rotatable bonds is 8. The van der Waals surface area contributed by atoms with Crippen LogP contribution in [0.2, 0.25) is 10.0 Å². The standard InChI is InChI=1S/C24H28Cl2N2O3.Na/c1-17(29)27-24(19-6-3-2-4-7-19)11-14-28(15-12-24)13-5-8-20(23(30)31)18-9-10-21(25)22(26)16-18;/h2-4,6-7,9-10,16,20H,5,8,11-15H2,1H3,(H,27,29)(H,30,31);/q;+1/p-1. The monoisotopic (exact) mass is 484 g/mol. The number of benzene rings is 2. The predicted octanol–water partition coefficient (Wildman–Crippen LogP) is 0.739. The summed E-state index contributed by atoms with van der Waals surface area (Å²) in [6.07, 6.45) is 2.81. The van der Waals surface area contributed by atoms with E-state index in [1.54, 1.807) is 25.1 Å². The Kier molecular flexibility index (Phi) is 10.5. The minimum atomic E-state index is -1.11. The van der Waals surface area contributed by atoms with Crippen molar-refractivity contribution in [1.82, 2.24) is 10.2 Å². The third-order valence-electron chi connectivity index (χ3n) is 6.05. The van der Waals surface area contributed by atoms with E-state index in [4.69, 9.17) is 23.2 Å². The van der Waals surface area contributed by atoms with Crippen LogP contribution in [-0.2, 0) is 15.1 Å². The van der Waals surface area contributed by atoms with Crippen LogP contribution >= 0.6 is 23.2 Å². The van der Waals surface area contributed by atoms with E-state index in [-0.39, 0.29) is 41.0 Å². The Bertz CT molecular complexity index is 919. The number of hydrogen-bond donors (Lipinski definition) is 1. The van der Waals surface area contributed by atoms with Gasteiger partial charge < -0.3 is 20.1 Å². The van der Waals surface area contributed by atoms with Crippen LogP contribution in [0, 0.1) is 0 Å². The third kappa shape index (κ3) is 6.96. The van der Waals surface area contributed by atoms with E-state index in [9.17, 15) is 14.7 Å². The molecule has 2 aromatic rings. The van der Waals surface area contributed by atoms with Gasteiger partial charge >= 0.3 is 29.6 Å². The zero-order chi connectivity index (χ0) is 22.4. The fourth-order valence-electron chi connectivity index (χ4n) is 4.41. The van der Waals surface area contributed by atoms with Crippen LogP contribution < -0.4 is 40.0 Å². The molecule has 166 valence electrons. The van der Waals surface area contributed by atoms with E-state index >= 15 is 0 Å². The number of aliphatic carboxylic acids is 1. The number of halogens is 2. The van der Waals surface area contributed by atoms with Crippen LogP contribution in [-0.4, -0.2) is 36.4 Å². The normalized spacial score (nSPS) is 16.6. The molecule has 1 aliphatic heterocycles. The van der Waals surface area contributed by atoms with Crippen molar-refractivity contribution in [3.05, 3.63) is 69.7 Å². The average molecular weight is 485 g/mol. The Morgan fingerprint density at radius 1 is 1.09 bits per heavy atom. The van der Waals surface area contributed by atoms with Crippen molar-refractivity contribution in [3.8, 4) is 0 Å². The molecule has 1 aliphatic rings. The molecule has 1 saturated heterocycles. The summed E-state index contributed by atoms with van der Waals surface area (Å²) in [4.78, 5) is 25.9. The molecule has 1 fully saturated rings. The summed E-state index contributed by atoms with van der Waals surface area (Å²) in [5.74, 6) is -1.86. The largest absolute Gasteiger partial charge is 1.00 e. The number of carbonyl (C=O) groups excluding carboxylic acids is 2. The molecule has 1 atom stereocenters. The second-order valence-corrected chi connectivity index (χ2v) is 8.97. The van der Waals surface area contributed by atoms with Gasteiger partial charge in [-0.3, -0.25) is 4.79 Å². The average Bonchev–Trinajstić information content (AvgIpc) is 2.74. The number of amides is 1. The summed E-state index contributed by atoms with van der Waals surface area (Å²) in [5, 5.41) is 15.6. The van der Waals surface area contributed by atoms with Crippen LogP contribution in [0.5, 0.6) is 0 Å². The van der Waals surface area contributed by atoms with Crippen molar-refractivity contribution < 1.29 is 44.3 Å². The minimum absolute atomic E-state index is 0. The van der Waals surface area contributed by atoms with E-state index in [0.717, 1.165) is 44.5 Å². The molecule has 0 saturated carbocycles.